The lowest BCUT2D eigenvalue weighted by atomic mass is 10.2. The number of halogens is 2. The van der Waals surface area contributed by atoms with E-state index in [1.807, 2.05) is 13.0 Å². The van der Waals surface area contributed by atoms with E-state index >= 15 is 0 Å². The maximum atomic E-state index is 13.3. The van der Waals surface area contributed by atoms with Crippen molar-refractivity contribution in [2.45, 2.75) is 12.1 Å². The molecule has 0 aliphatic heterocycles. The molecule has 1 heterocycles. The van der Waals surface area contributed by atoms with E-state index in [4.69, 9.17) is 11.6 Å². The predicted octanol–water partition coefficient (Wildman–Crippen LogP) is 3.49. The Labute approximate surface area is 152 Å². The van der Waals surface area contributed by atoms with Crippen LogP contribution in [0.25, 0.3) is 5.69 Å². The van der Waals surface area contributed by atoms with Crippen molar-refractivity contribution in [2.75, 3.05) is 11.1 Å². The summed E-state index contributed by atoms with van der Waals surface area (Å²) >= 11 is 7.19. The van der Waals surface area contributed by atoms with Gasteiger partial charge in [-0.2, -0.15) is 4.68 Å². The lowest BCUT2D eigenvalue weighted by molar-refractivity contribution is -0.113. The quantitative estimate of drug-likeness (QED) is 0.689. The van der Waals surface area contributed by atoms with Gasteiger partial charge in [-0.25, -0.2) is 4.39 Å². The van der Waals surface area contributed by atoms with E-state index < -0.39 is 5.82 Å². The Morgan fingerprint density at radius 2 is 2.16 bits per heavy atom. The van der Waals surface area contributed by atoms with Crippen molar-refractivity contribution in [3.8, 4) is 5.69 Å². The lowest BCUT2D eigenvalue weighted by Gasteiger charge is -2.07. The average Bonchev–Trinajstić information content (AvgIpc) is 3.05. The number of thioether (sulfide) groups is 1. The van der Waals surface area contributed by atoms with E-state index in [1.54, 1.807) is 24.3 Å². The molecule has 3 rings (SSSR count). The number of nitrogens with zero attached hydrogens (tertiary/aromatic N) is 4. The lowest BCUT2D eigenvalue weighted by Crippen LogP contribution is -2.14. The summed E-state index contributed by atoms with van der Waals surface area (Å²) in [5.41, 5.74) is 2.03. The Morgan fingerprint density at radius 1 is 1.32 bits per heavy atom. The molecule has 25 heavy (non-hydrogen) atoms. The van der Waals surface area contributed by atoms with E-state index in [-0.39, 0.29) is 11.7 Å². The number of anilines is 1. The number of benzene rings is 2. The minimum atomic E-state index is -0.391. The van der Waals surface area contributed by atoms with Crippen LogP contribution >= 0.6 is 23.4 Å². The van der Waals surface area contributed by atoms with Gasteiger partial charge in [0.1, 0.15) is 5.82 Å². The fraction of sp³-hybridized carbons (Fsp3) is 0.125. The molecule has 1 amide bonds. The number of nitrogens with one attached hydrogen (secondary N) is 1. The maximum Gasteiger partial charge on any atom is 0.234 e. The van der Waals surface area contributed by atoms with Crippen LogP contribution in [0.1, 0.15) is 5.56 Å². The number of amides is 1. The Bertz CT molecular complexity index is 917. The fourth-order valence-electron chi connectivity index (χ4n) is 2.04. The van der Waals surface area contributed by atoms with Gasteiger partial charge in [0.2, 0.25) is 11.1 Å². The second-order valence-corrected chi connectivity index (χ2v) is 6.50. The highest BCUT2D eigenvalue weighted by atomic mass is 35.5. The fourth-order valence-corrected chi connectivity index (χ4v) is 2.91. The van der Waals surface area contributed by atoms with Crippen LogP contribution in [0.4, 0.5) is 10.1 Å². The predicted molar refractivity (Wildman–Crippen MR) is 94.7 cm³/mol. The van der Waals surface area contributed by atoms with E-state index in [0.717, 1.165) is 17.3 Å². The number of aromatic nitrogens is 4. The summed E-state index contributed by atoms with van der Waals surface area (Å²) in [6, 6.07) is 11.2. The molecule has 0 bridgehead atoms. The van der Waals surface area contributed by atoms with E-state index in [9.17, 15) is 9.18 Å². The molecule has 2 aromatic carbocycles. The molecule has 1 aromatic heterocycles. The van der Waals surface area contributed by atoms with Crippen LogP contribution in [-0.2, 0) is 4.79 Å². The van der Waals surface area contributed by atoms with Gasteiger partial charge in [0.15, 0.2) is 0 Å². The Hall–Kier alpha value is -2.45. The molecule has 6 nitrogen and oxygen atoms in total. The smallest absolute Gasteiger partial charge is 0.234 e. The third kappa shape index (κ3) is 4.34. The first-order chi connectivity index (χ1) is 12.0. The SMILES string of the molecule is Cc1ccc(NC(=O)CSc2nnnn2-c2cccc(F)c2)cc1Cl. The number of carbonyl (C=O) groups excluding carboxylic acids is 1. The number of hydrogen-bond acceptors (Lipinski definition) is 5. The summed E-state index contributed by atoms with van der Waals surface area (Å²) < 4.78 is 14.7. The van der Waals surface area contributed by atoms with E-state index in [1.165, 1.54) is 16.8 Å². The van der Waals surface area contributed by atoms with Gasteiger partial charge in [-0.3, -0.25) is 4.79 Å². The molecular formula is C16H13ClFN5OS. The maximum absolute atomic E-state index is 13.3. The van der Waals surface area contributed by atoms with Gasteiger partial charge in [0, 0.05) is 10.7 Å². The van der Waals surface area contributed by atoms with Crippen LogP contribution in [0.2, 0.25) is 5.02 Å². The summed E-state index contributed by atoms with van der Waals surface area (Å²) in [6.07, 6.45) is 0. The second-order valence-electron chi connectivity index (χ2n) is 5.15. The van der Waals surface area contributed by atoms with Crippen LogP contribution in [0.5, 0.6) is 0 Å². The van der Waals surface area contributed by atoms with Crippen LogP contribution in [-0.4, -0.2) is 31.9 Å². The van der Waals surface area contributed by atoms with E-state index in [2.05, 4.69) is 20.8 Å². The number of tetrazole rings is 1. The third-order valence-electron chi connectivity index (χ3n) is 3.28. The van der Waals surface area contributed by atoms with Crippen molar-refractivity contribution in [2.24, 2.45) is 0 Å². The topological polar surface area (TPSA) is 72.7 Å². The Morgan fingerprint density at radius 3 is 2.92 bits per heavy atom. The van der Waals surface area contributed by atoms with Crippen LogP contribution in [0, 0.1) is 12.7 Å². The van der Waals surface area contributed by atoms with Gasteiger partial charge >= 0.3 is 0 Å². The molecule has 1 N–H and O–H groups in total. The van der Waals surface area contributed by atoms with Gasteiger partial charge in [-0.05, 0) is 53.2 Å². The molecule has 0 spiro atoms. The van der Waals surface area contributed by atoms with Gasteiger partial charge in [0.25, 0.3) is 0 Å². The van der Waals surface area contributed by atoms with Crippen molar-refractivity contribution in [1.82, 2.24) is 20.2 Å². The average molecular weight is 378 g/mol. The minimum absolute atomic E-state index is 0.0984. The molecule has 0 atom stereocenters. The van der Waals surface area contributed by atoms with Crippen molar-refractivity contribution in [1.29, 1.82) is 0 Å². The summed E-state index contributed by atoms with van der Waals surface area (Å²) in [5.74, 6) is -0.516. The number of rotatable bonds is 5. The number of carbonyl (C=O) groups is 1. The Kier molecular flexibility index (Phi) is 5.30. The van der Waals surface area contributed by atoms with Crippen molar-refractivity contribution in [3.05, 3.63) is 58.9 Å². The van der Waals surface area contributed by atoms with E-state index in [0.29, 0.717) is 21.6 Å². The molecular weight excluding hydrogens is 365 g/mol. The van der Waals surface area contributed by atoms with Gasteiger partial charge in [-0.1, -0.05) is 35.5 Å². The third-order valence-corrected chi connectivity index (χ3v) is 4.61. The van der Waals surface area contributed by atoms with Crippen molar-refractivity contribution >= 4 is 35.0 Å². The highest BCUT2D eigenvalue weighted by Crippen LogP contribution is 2.21. The molecule has 3 aromatic rings. The molecule has 0 radical (unpaired) electrons. The molecule has 0 aliphatic carbocycles. The number of hydrogen-bond donors (Lipinski definition) is 1. The first-order valence-electron chi connectivity index (χ1n) is 7.26. The van der Waals surface area contributed by atoms with Crippen LogP contribution < -0.4 is 5.32 Å². The molecule has 0 unspecified atom stereocenters. The largest absolute Gasteiger partial charge is 0.325 e. The molecule has 9 heteroatoms. The standard InChI is InChI=1S/C16H13ClFN5OS/c1-10-5-6-12(8-14(10)17)19-15(24)9-25-16-20-21-22-23(16)13-4-2-3-11(18)7-13/h2-8H,9H2,1H3,(H,19,24). The highest BCUT2D eigenvalue weighted by Gasteiger charge is 2.12. The van der Waals surface area contributed by atoms with Crippen molar-refractivity contribution < 1.29 is 9.18 Å². The zero-order chi connectivity index (χ0) is 17.8. The van der Waals surface area contributed by atoms with Gasteiger partial charge in [0.05, 0.1) is 11.4 Å². The normalized spacial score (nSPS) is 10.7. The Balaban J connectivity index is 1.65. The number of aryl methyl sites for hydroxylation is 1. The first-order valence-corrected chi connectivity index (χ1v) is 8.62. The van der Waals surface area contributed by atoms with Gasteiger partial charge < -0.3 is 5.32 Å². The summed E-state index contributed by atoms with van der Waals surface area (Å²) in [5, 5.41) is 15.0. The molecule has 128 valence electrons. The highest BCUT2D eigenvalue weighted by molar-refractivity contribution is 7.99. The molecule has 0 saturated carbocycles. The summed E-state index contributed by atoms with van der Waals surface area (Å²) in [6.45, 7) is 1.88. The van der Waals surface area contributed by atoms with Gasteiger partial charge in [-0.15, -0.1) is 5.10 Å². The molecule has 0 saturated heterocycles. The summed E-state index contributed by atoms with van der Waals surface area (Å²) in [7, 11) is 0. The van der Waals surface area contributed by atoms with Crippen LogP contribution in [0.3, 0.4) is 0 Å². The molecule has 0 fully saturated rings. The zero-order valence-electron chi connectivity index (χ0n) is 13.1. The summed E-state index contributed by atoms with van der Waals surface area (Å²) in [4.78, 5) is 12.1. The van der Waals surface area contributed by atoms with Crippen molar-refractivity contribution in [3.63, 3.8) is 0 Å². The first kappa shape index (κ1) is 17.4. The monoisotopic (exact) mass is 377 g/mol. The molecule has 0 aliphatic rings. The zero-order valence-corrected chi connectivity index (χ0v) is 14.7. The van der Waals surface area contributed by atoms with Crippen LogP contribution in [0.15, 0.2) is 47.6 Å². The minimum Gasteiger partial charge on any atom is -0.325 e. The second kappa shape index (κ2) is 7.62.